The molecule has 0 aliphatic carbocycles. The van der Waals surface area contributed by atoms with Gasteiger partial charge >= 0.3 is 0 Å². The van der Waals surface area contributed by atoms with Crippen molar-refractivity contribution in [1.29, 1.82) is 0 Å². The number of hydrogen-bond donors (Lipinski definition) is 2. The molecule has 13 heavy (non-hydrogen) atoms. The van der Waals surface area contributed by atoms with Crippen LogP contribution in [0.1, 0.15) is 5.56 Å². The second kappa shape index (κ2) is 4.28. The number of carbonyl (C=O) groups excluding carboxylic acids is 1. The van der Waals surface area contributed by atoms with E-state index in [1.165, 1.54) is 12.1 Å². The summed E-state index contributed by atoms with van der Waals surface area (Å²) in [5.41, 5.74) is 0.569. The molecule has 4 nitrogen and oxygen atoms in total. The highest BCUT2D eigenvalue weighted by molar-refractivity contribution is 5.44. The van der Waals surface area contributed by atoms with Crippen molar-refractivity contribution in [3.63, 3.8) is 0 Å². The predicted molar refractivity (Wildman–Crippen MR) is 46.5 cm³/mol. The van der Waals surface area contributed by atoms with Gasteiger partial charge in [-0.05, 0) is 18.1 Å². The number of phenols is 2. The van der Waals surface area contributed by atoms with Gasteiger partial charge in [-0.25, -0.2) is 9.79 Å². The van der Waals surface area contributed by atoms with E-state index in [4.69, 9.17) is 5.11 Å². The summed E-state index contributed by atoms with van der Waals surface area (Å²) in [6.45, 7) is 0.264. The van der Waals surface area contributed by atoms with Crippen molar-refractivity contribution >= 4 is 6.08 Å². The molecule has 0 aromatic heterocycles. The van der Waals surface area contributed by atoms with Crippen LogP contribution in [0.4, 0.5) is 0 Å². The Balaban J connectivity index is 2.76. The van der Waals surface area contributed by atoms with E-state index in [1.54, 1.807) is 12.1 Å². The minimum absolute atomic E-state index is 0.149. The van der Waals surface area contributed by atoms with Gasteiger partial charge in [-0.2, -0.15) is 0 Å². The van der Waals surface area contributed by atoms with Crippen molar-refractivity contribution in [2.45, 2.75) is 6.42 Å². The number of isocyanates is 1. The van der Waals surface area contributed by atoms with Crippen LogP contribution in [0.3, 0.4) is 0 Å². The van der Waals surface area contributed by atoms with Gasteiger partial charge < -0.3 is 10.2 Å². The first-order chi connectivity index (χ1) is 6.25. The van der Waals surface area contributed by atoms with Gasteiger partial charge in [0.1, 0.15) is 0 Å². The second-order valence-corrected chi connectivity index (χ2v) is 2.51. The smallest absolute Gasteiger partial charge is 0.234 e. The zero-order chi connectivity index (χ0) is 9.68. The van der Waals surface area contributed by atoms with Gasteiger partial charge in [0.05, 0.1) is 6.54 Å². The minimum Gasteiger partial charge on any atom is -0.504 e. The van der Waals surface area contributed by atoms with Gasteiger partial charge in [0.2, 0.25) is 6.08 Å². The van der Waals surface area contributed by atoms with Crippen LogP contribution in [0.15, 0.2) is 23.2 Å². The first-order valence-electron chi connectivity index (χ1n) is 3.79. The molecule has 0 aliphatic rings. The number of para-hydroxylation sites is 1. The zero-order valence-corrected chi connectivity index (χ0v) is 6.90. The molecule has 0 bridgehead atoms. The van der Waals surface area contributed by atoms with Crippen molar-refractivity contribution < 1.29 is 15.0 Å². The van der Waals surface area contributed by atoms with E-state index in [9.17, 15) is 9.90 Å². The average Bonchev–Trinajstić information content (AvgIpc) is 2.13. The number of hydrogen-bond acceptors (Lipinski definition) is 4. The highest BCUT2D eigenvalue weighted by Crippen LogP contribution is 2.28. The summed E-state index contributed by atoms with van der Waals surface area (Å²) < 4.78 is 0. The lowest BCUT2D eigenvalue weighted by atomic mass is 10.1. The third kappa shape index (κ3) is 2.32. The van der Waals surface area contributed by atoms with E-state index in [-0.39, 0.29) is 18.0 Å². The molecular weight excluding hydrogens is 170 g/mol. The number of phenolic OH excluding ortho intramolecular Hbond substituents is 2. The summed E-state index contributed by atoms with van der Waals surface area (Å²) in [6.07, 6.45) is 1.82. The maximum Gasteiger partial charge on any atom is 0.234 e. The van der Waals surface area contributed by atoms with Crippen molar-refractivity contribution in [3.8, 4) is 11.5 Å². The Kier molecular flexibility index (Phi) is 3.06. The highest BCUT2D eigenvalue weighted by atomic mass is 16.3. The van der Waals surface area contributed by atoms with Crippen molar-refractivity contribution in [2.24, 2.45) is 4.99 Å². The standard InChI is InChI=1S/C9H9NO3/c11-6-10-5-4-7-2-1-3-8(12)9(7)13/h1-3,12-13H,4-5H2. The third-order valence-corrected chi connectivity index (χ3v) is 1.66. The Morgan fingerprint density at radius 2 is 2.15 bits per heavy atom. The van der Waals surface area contributed by atoms with Crippen LogP contribution >= 0.6 is 0 Å². The SMILES string of the molecule is O=C=NCCc1cccc(O)c1O. The van der Waals surface area contributed by atoms with Crippen molar-refractivity contribution in [3.05, 3.63) is 23.8 Å². The van der Waals surface area contributed by atoms with Crippen LogP contribution < -0.4 is 0 Å². The molecular formula is C9H9NO3. The van der Waals surface area contributed by atoms with Gasteiger partial charge in [0, 0.05) is 0 Å². The summed E-state index contributed by atoms with van der Waals surface area (Å²) in [5, 5.41) is 18.4. The molecule has 0 unspecified atom stereocenters. The van der Waals surface area contributed by atoms with Gasteiger partial charge in [-0.15, -0.1) is 0 Å². The van der Waals surface area contributed by atoms with Crippen LogP contribution in [-0.4, -0.2) is 22.8 Å². The van der Waals surface area contributed by atoms with Gasteiger partial charge in [-0.1, -0.05) is 12.1 Å². The number of benzene rings is 1. The van der Waals surface area contributed by atoms with E-state index in [2.05, 4.69) is 4.99 Å². The van der Waals surface area contributed by atoms with Gasteiger partial charge in [0.25, 0.3) is 0 Å². The zero-order valence-electron chi connectivity index (χ0n) is 6.90. The second-order valence-electron chi connectivity index (χ2n) is 2.51. The summed E-state index contributed by atoms with van der Waals surface area (Å²) in [5.74, 6) is -0.309. The number of aromatic hydroxyl groups is 2. The molecule has 1 aromatic rings. The molecule has 0 atom stereocenters. The number of rotatable bonds is 3. The van der Waals surface area contributed by atoms with E-state index in [0.29, 0.717) is 12.0 Å². The van der Waals surface area contributed by atoms with E-state index >= 15 is 0 Å². The van der Waals surface area contributed by atoms with Crippen molar-refractivity contribution in [1.82, 2.24) is 0 Å². The van der Waals surface area contributed by atoms with E-state index < -0.39 is 0 Å². The molecule has 0 amide bonds. The largest absolute Gasteiger partial charge is 0.504 e. The van der Waals surface area contributed by atoms with Crippen LogP contribution in [-0.2, 0) is 11.2 Å². The maximum atomic E-state index is 9.74. The average molecular weight is 179 g/mol. The Morgan fingerprint density at radius 3 is 2.85 bits per heavy atom. The molecule has 0 saturated carbocycles. The van der Waals surface area contributed by atoms with E-state index in [1.807, 2.05) is 0 Å². The first-order valence-corrected chi connectivity index (χ1v) is 3.79. The summed E-state index contributed by atoms with van der Waals surface area (Å²) in [4.78, 5) is 13.1. The van der Waals surface area contributed by atoms with Crippen LogP contribution in [0.5, 0.6) is 11.5 Å². The fourth-order valence-electron chi connectivity index (χ4n) is 1.00. The fraction of sp³-hybridized carbons (Fsp3) is 0.222. The monoisotopic (exact) mass is 179 g/mol. The molecule has 1 aromatic carbocycles. The summed E-state index contributed by atoms with van der Waals surface area (Å²) in [7, 11) is 0. The van der Waals surface area contributed by atoms with Crippen molar-refractivity contribution in [2.75, 3.05) is 6.54 Å². The highest BCUT2D eigenvalue weighted by Gasteiger charge is 2.04. The van der Waals surface area contributed by atoms with Gasteiger partial charge in [-0.3, -0.25) is 0 Å². The van der Waals surface area contributed by atoms with Gasteiger partial charge in [0.15, 0.2) is 11.5 Å². The Labute approximate surface area is 75.2 Å². The first kappa shape index (κ1) is 9.29. The predicted octanol–water partition coefficient (Wildman–Crippen LogP) is 0.976. The molecule has 0 radical (unpaired) electrons. The molecule has 68 valence electrons. The number of aliphatic imine (C=N–C) groups is 1. The lowest BCUT2D eigenvalue weighted by Crippen LogP contribution is -1.89. The molecule has 1 rings (SSSR count). The minimum atomic E-state index is -0.160. The normalized spacial score (nSPS) is 9.23. The van der Waals surface area contributed by atoms with E-state index in [0.717, 1.165) is 0 Å². The Morgan fingerprint density at radius 1 is 1.38 bits per heavy atom. The Hall–Kier alpha value is -1.80. The lowest BCUT2D eigenvalue weighted by Gasteiger charge is -2.02. The topological polar surface area (TPSA) is 69.9 Å². The molecule has 0 heterocycles. The Bertz CT molecular complexity index is 343. The van der Waals surface area contributed by atoms with Crippen LogP contribution in [0.25, 0.3) is 0 Å². The molecule has 0 fully saturated rings. The quantitative estimate of drug-likeness (QED) is 0.412. The third-order valence-electron chi connectivity index (χ3n) is 1.66. The fourth-order valence-corrected chi connectivity index (χ4v) is 1.00. The van der Waals surface area contributed by atoms with Crippen LogP contribution in [0, 0.1) is 0 Å². The molecule has 4 heteroatoms. The van der Waals surface area contributed by atoms with Crippen LogP contribution in [0.2, 0.25) is 0 Å². The molecule has 0 spiro atoms. The summed E-state index contributed by atoms with van der Waals surface area (Å²) >= 11 is 0. The molecule has 0 aliphatic heterocycles. The number of nitrogens with zero attached hydrogens (tertiary/aromatic N) is 1. The molecule has 2 N–H and O–H groups in total. The lowest BCUT2D eigenvalue weighted by molar-refractivity contribution is 0.399. The summed E-state index contributed by atoms with van der Waals surface area (Å²) in [6, 6.07) is 4.67. The maximum absolute atomic E-state index is 9.74. The molecule has 0 saturated heterocycles.